The molecule has 1 aliphatic heterocycles. The third-order valence-corrected chi connectivity index (χ3v) is 8.12. The molecule has 0 N–H and O–H groups in total. The molecule has 25 heavy (non-hydrogen) atoms. The summed E-state index contributed by atoms with van der Waals surface area (Å²) in [6.45, 7) is 0.0735. The summed E-state index contributed by atoms with van der Waals surface area (Å²) in [5, 5.41) is 8.00. The summed E-state index contributed by atoms with van der Waals surface area (Å²) in [7, 11) is -3.92. The second-order valence-electron chi connectivity index (χ2n) is 6.96. The molecule has 0 radical (unpaired) electrons. The minimum atomic E-state index is -4.76. The molecule has 3 fully saturated rings. The summed E-state index contributed by atoms with van der Waals surface area (Å²) < 4.78 is 80.1. The van der Waals surface area contributed by atoms with Gasteiger partial charge in [-0.2, -0.15) is 18.4 Å². The van der Waals surface area contributed by atoms with Crippen molar-refractivity contribution in [1.29, 1.82) is 5.26 Å². The van der Waals surface area contributed by atoms with Crippen LogP contribution in [-0.2, 0) is 16.2 Å². The molecule has 1 aromatic carbocycles. The first-order chi connectivity index (χ1) is 11.6. The molecule has 9 heteroatoms. The highest BCUT2D eigenvalue weighted by molar-refractivity contribution is 7.93. The van der Waals surface area contributed by atoms with E-state index < -0.39 is 44.7 Å². The molecule has 0 aromatic heterocycles. The minimum Gasteiger partial charge on any atom is -0.270 e. The first-order valence-corrected chi connectivity index (χ1v) is 9.42. The zero-order valence-corrected chi connectivity index (χ0v) is 13.7. The summed E-state index contributed by atoms with van der Waals surface area (Å²) >= 11 is 0. The van der Waals surface area contributed by atoms with E-state index in [2.05, 4.69) is 0 Å². The number of rotatable bonds is 1. The Hall–Kier alpha value is -1.82. The van der Waals surface area contributed by atoms with Crippen molar-refractivity contribution in [2.45, 2.75) is 30.4 Å². The van der Waals surface area contributed by atoms with Gasteiger partial charge in [-0.3, -0.25) is 4.31 Å². The van der Waals surface area contributed by atoms with E-state index in [4.69, 9.17) is 5.26 Å². The maximum absolute atomic E-state index is 14.0. The van der Waals surface area contributed by atoms with Gasteiger partial charge in [0.05, 0.1) is 28.1 Å². The molecule has 1 heterocycles. The maximum Gasteiger partial charge on any atom is 0.417 e. The number of alkyl halides is 4. The lowest BCUT2D eigenvalue weighted by atomic mass is 9.87. The van der Waals surface area contributed by atoms with E-state index in [0.29, 0.717) is 18.9 Å². The van der Waals surface area contributed by atoms with Crippen molar-refractivity contribution in [3.63, 3.8) is 0 Å². The van der Waals surface area contributed by atoms with Crippen molar-refractivity contribution in [1.82, 2.24) is 0 Å². The predicted octanol–water partition coefficient (Wildman–Crippen LogP) is 3.09. The number of fused-ring (bicyclic) bond motifs is 5. The Kier molecular flexibility index (Phi) is 3.39. The molecule has 0 amide bonds. The summed E-state index contributed by atoms with van der Waals surface area (Å²) in [5.41, 5.74) is -1.83. The molecule has 2 bridgehead atoms. The van der Waals surface area contributed by atoms with Crippen LogP contribution in [-0.4, -0.2) is 26.4 Å². The highest BCUT2D eigenvalue weighted by Crippen LogP contribution is 2.56. The lowest BCUT2D eigenvalue weighted by Crippen LogP contribution is -2.37. The van der Waals surface area contributed by atoms with Gasteiger partial charge in [0, 0.05) is 12.5 Å². The van der Waals surface area contributed by atoms with E-state index in [9.17, 15) is 26.0 Å². The molecule has 2 aliphatic carbocycles. The van der Waals surface area contributed by atoms with Gasteiger partial charge in [-0.25, -0.2) is 12.8 Å². The van der Waals surface area contributed by atoms with Gasteiger partial charge in [-0.05, 0) is 42.9 Å². The number of nitriles is 1. The van der Waals surface area contributed by atoms with E-state index in [1.807, 2.05) is 0 Å². The van der Waals surface area contributed by atoms with Gasteiger partial charge in [0.15, 0.2) is 0 Å². The van der Waals surface area contributed by atoms with Gasteiger partial charge in [-0.1, -0.05) is 0 Å². The Morgan fingerprint density at radius 2 is 1.92 bits per heavy atom. The van der Waals surface area contributed by atoms with Gasteiger partial charge in [0.2, 0.25) is 10.0 Å². The summed E-state index contributed by atoms with van der Waals surface area (Å²) in [4.78, 5) is 0. The SMILES string of the molecule is N#Cc1ccc(N2C[C@H]3C([C@@H]4C[C@H]3C[C@H]4F)S2(=O)=O)cc1C(F)(F)F. The molecule has 4 rings (SSSR count). The highest BCUT2D eigenvalue weighted by Gasteiger charge is 2.63. The number of anilines is 1. The van der Waals surface area contributed by atoms with Crippen molar-refractivity contribution in [2.75, 3.05) is 10.8 Å². The zero-order valence-electron chi connectivity index (χ0n) is 12.9. The molecule has 134 valence electrons. The molecule has 0 spiro atoms. The van der Waals surface area contributed by atoms with Crippen LogP contribution >= 0.6 is 0 Å². The van der Waals surface area contributed by atoms with Gasteiger partial charge < -0.3 is 0 Å². The normalized spacial score (nSPS) is 35.6. The van der Waals surface area contributed by atoms with Crippen molar-refractivity contribution >= 4 is 15.7 Å². The predicted molar refractivity (Wildman–Crippen MR) is 80.8 cm³/mol. The van der Waals surface area contributed by atoms with E-state index in [1.165, 1.54) is 12.1 Å². The van der Waals surface area contributed by atoms with Crippen LogP contribution in [0.25, 0.3) is 0 Å². The Bertz CT molecular complexity index is 877. The number of sulfonamides is 1. The lowest BCUT2D eigenvalue weighted by molar-refractivity contribution is -0.137. The lowest BCUT2D eigenvalue weighted by Gasteiger charge is -2.24. The number of hydrogen-bond acceptors (Lipinski definition) is 3. The average molecular weight is 374 g/mol. The van der Waals surface area contributed by atoms with Crippen molar-refractivity contribution in [3.8, 4) is 6.07 Å². The molecule has 3 aliphatic rings. The second-order valence-corrected chi connectivity index (χ2v) is 8.97. The smallest absolute Gasteiger partial charge is 0.270 e. The number of nitrogens with zero attached hydrogens (tertiary/aromatic N) is 2. The molecule has 2 saturated carbocycles. The third kappa shape index (κ3) is 2.26. The van der Waals surface area contributed by atoms with E-state index in [-0.39, 0.29) is 24.1 Å². The quantitative estimate of drug-likeness (QED) is 0.710. The van der Waals surface area contributed by atoms with Crippen LogP contribution in [0.5, 0.6) is 0 Å². The largest absolute Gasteiger partial charge is 0.417 e. The molecule has 1 aromatic rings. The van der Waals surface area contributed by atoms with Crippen molar-refractivity contribution in [3.05, 3.63) is 29.3 Å². The standard InChI is InChI=1S/C16H14F4N2O2S/c17-14-4-9-3-11(14)15-12(9)7-22(25(15,23)24)10-2-1-8(6-21)13(5-10)16(18,19)20/h1-2,5,9,11-12,14-15H,3-4,7H2/t9-,11+,12+,14+,15?/m0/s1. The van der Waals surface area contributed by atoms with Crippen molar-refractivity contribution in [2.24, 2.45) is 17.8 Å². The molecule has 1 unspecified atom stereocenters. The van der Waals surface area contributed by atoms with Gasteiger partial charge in [0.25, 0.3) is 0 Å². The molecular weight excluding hydrogens is 360 g/mol. The molecular formula is C16H14F4N2O2S. The topological polar surface area (TPSA) is 61.2 Å². The summed E-state index contributed by atoms with van der Waals surface area (Å²) in [6, 6.07) is 4.36. The number of hydrogen-bond donors (Lipinski definition) is 0. The van der Waals surface area contributed by atoms with Gasteiger partial charge >= 0.3 is 6.18 Å². The van der Waals surface area contributed by atoms with Crippen LogP contribution in [0.4, 0.5) is 23.2 Å². The van der Waals surface area contributed by atoms with E-state index >= 15 is 0 Å². The zero-order chi connectivity index (χ0) is 18.1. The first-order valence-electron chi connectivity index (χ1n) is 7.91. The van der Waals surface area contributed by atoms with Crippen LogP contribution in [0.3, 0.4) is 0 Å². The van der Waals surface area contributed by atoms with E-state index in [1.54, 1.807) is 0 Å². The Labute approximate surface area is 142 Å². The fourth-order valence-corrected chi connectivity index (χ4v) is 7.30. The van der Waals surface area contributed by atoms with Crippen LogP contribution in [0.2, 0.25) is 0 Å². The third-order valence-electron chi connectivity index (χ3n) is 5.76. The molecule has 5 atom stereocenters. The van der Waals surface area contributed by atoms with Crippen LogP contribution in [0.15, 0.2) is 18.2 Å². The maximum atomic E-state index is 14.0. The highest BCUT2D eigenvalue weighted by atomic mass is 32.2. The number of benzene rings is 1. The Morgan fingerprint density at radius 1 is 1.20 bits per heavy atom. The Balaban J connectivity index is 1.76. The fourth-order valence-electron chi connectivity index (χ4n) is 4.74. The monoisotopic (exact) mass is 374 g/mol. The van der Waals surface area contributed by atoms with Crippen LogP contribution in [0, 0.1) is 29.1 Å². The van der Waals surface area contributed by atoms with Crippen LogP contribution in [0.1, 0.15) is 24.0 Å². The van der Waals surface area contributed by atoms with Gasteiger partial charge in [0.1, 0.15) is 6.17 Å². The first kappa shape index (κ1) is 16.6. The Morgan fingerprint density at radius 3 is 2.56 bits per heavy atom. The number of halogens is 4. The molecule has 4 nitrogen and oxygen atoms in total. The fraction of sp³-hybridized carbons (Fsp3) is 0.562. The van der Waals surface area contributed by atoms with E-state index in [0.717, 1.165) is 10.4 Å². The minimum absolute atomic E-state index is 0.0368. The average Bonchev–Trinajstić information content (AvgIpc) is 3.15. The summed E-state index contributed by atoms with van der Waals surface area (Å²) in [5.74, 6) is -0.845. The molecule has 1 saturated heterocycles. The second kappa shape index (κ2) is 5.10. The van der Waals surface area contributed by atoms with Crippen molar-refractivity contribution < 1.29 is 26.0 Å². The van der Waals surface area contributed by atoms with Gasteiger partial charge in [-0.15, -0.1) is 0 Å². The summed E-state index contributed by atoms with van der Waals surface area (Å²) in [6.07, 6.45) is -5.06. The van der Waals surface area contributed by atoms with Crippen LogP contribution < -0.4 is 4.31 Å².